The highest BCUT2D eigenvalue weighted by atomic mass is 79.9. The summed E-state index contributed by atoms with van der Waals surface area (Å²) in [5.74, 6) is -0.506. The van der Waals surface area contributed by atoms with Crippen LogP contribution in [0.3, 0.4) is 0 Å². The van der Waals surface area contributed by atoms with Crippen molar-refractivity contribution in [2.24, 2.45) is 4.99 Å². The maximum atomic E-state index is 11.3. The Labute approximate surface area is 84.5 Å². The third kappa shape index (κ3) is 2.38. The predicted octanol–water partition coefficient (Wildman–Crippen LogP) is 0.0517. The molecule has 1 heterocycles. The molecule has 8 heteroatoms. The first-order valence-electron chi connectivity index (χ1n) is 3.08. The Morgan fingerprint density at radius 2 is 2.08 bits per heavy atom. The van der Waals surface area contributed by atoms with Crippen molar-refractivity contribution in [1.82, 2.24) is 0 Å². The molecule has 1 aliphatic heterocycles. The lowest BCUT2D eigenvalue weighted by Gasteiger charge is -1.98. The molecule has 0 aliphatic carbocycles. The Kier molecular flexibility index (Phi) is 2.65. The van der Waals surface area contributed by atoms with Crippen LogP contribution in [0.1, 0.15) is 0 Å². The van der Waals surface area contributed by atoms with Crippen molar-refractivity contribution >= 4 is 39.6 Å². The molecule has 1 aliphatic rings. The number of sulfone groups is 2. The van der Waals surface area contributed by atoms with E-state index in [0.717, 1.165) is 12.5 Å². The fourth-order valence-electron chi connectivity index (χ4n) is 0.743. The van der Waals surface area contributed by atoms with Gasteiger partial charge < -0.3 is 0 Å². The fraction of sp³-hybridized carbons (Fsp3) is 0.400. The number of aliphatic imine (C=N–C) groups is 1. The molecule has 74 valence electrons. The van der Waals surface area contributed by atoms with Gasteiger partial charge >= 0.3 is 0 Å². The topological polar surface area (TPSA) is 80.6 Å². The molecule has 0 amide bonds. The van der Waals surface area contributed by atoms with Crippen LogP contribution >= 0.6 is 15.9 Å². The van der Waals surface area contributed by atoms with Gasteiger partial charge in [-0.25, -0.2) is 21.8 Å². The molecule has 0 saturated carbocycles. The van der Waals surface area contributed by atoms with Crippen LogP contribution in [0.5, 0.6) is 0 Å². The van der Waals surface area contributed by atoms with E-state index in [1.807, 2.05) is 0 Å². The van der Waals surface area contributed by atoms with Crippen molar-refractivity contribution in [1.29, 1.82) is 0 Å². The summed E-state index contributed by atoms with van der Waals surface area (Å²) in [6, 6.07) is 0. The Balaban J connectivity index is 3.05. The van der Waals surface area contributed by atoms with Gasteiger partial charge in [0.1, 0.15) is 0 Å². The summed E-state index contributed by atoms with van der Waals surface area (Å²) in [6.45, 7) is 0. The molecule has 5 nitrogen and oxygen atoms in total. The monoisotopic (exact) mass is 287 g/mol. The third-order valence-corrected chi connectivity index (χ3v) is 5.27. The molecule has 0 bridgehead atoms. The average Bonchev–Trinajstić information content (AvgIpc) is 2.13. The van der Waals surface area contributed by atoms with Crippen LogP contribution in [0.15, 0.2) is 16.1 Å². The first kappa shape index (κ1) is 10.9. The summed E-state index contributed by atoms with van der Waals surface area (Å²) >= 11 is 2.72. The smallest absolute Gasteiger partial charge is 0.229 e. The van der Waals surface area contributed by atoms with Crippen molar-refractivity contribution in [2.45, 2.75) is 0 Å². The van der Waals surface area contributed by atoms with Crippen LogP contribution in [0.2, 0.25) is 0 Å². The standard InChI is InChI=1S/C5H6BrNO4S2/c1-12(8,9)3-4-2-7-5(6)13(4,10)11/h2H,3H2,1H3. The quantitative estimate of drug-likeness (QED) is 0.719. The van der Waals surface area contributed by atoms with Crippen molar-refractivity contribution in [3.63, 3.8) is 0 Å². The van der Waals surface area contributed by atoms with E-state index < -0.39 is 25.4 Å². The number of hydrogen-bond acceptors (Lipinski definition) is 5. The highest BCUT2D eigenvalue weighted by Crippen LogP contribution is 2.21. The predicted molar refractivity (Wildman–Crippen MR) is 53.1 cm³/mol. The van der Waals surface area contributed by atoms with Crippen molar-refractivity contribution < 1.29 is 16.8 Å². The van der Waals surface area contributed by atoms with E-state index >= 15 is 0 Å². The molecule has 1 rings (SSSR count). The van der Waals surface area contributed by atoms with Gasteiger partial charge in [0.2, 0.25) is 13.8 Å². The van der Waals surface area contributed by atoms with Crippen LogP contribution in [0.4, 0.5) is 0 Å². The molecule has 0 aromatic carbocycles. The maximum absolute atomic E-state index is 11.3. The highest BCUT2D eigenvalue weighted by molar-refractivity contribution is 9.21. The van der Waals surface area contributed by atoms with E-state index in [-0.39, 0.29) is 8.86 Å². The zero-order valence-electron chi connectivity index (χ0n) is 6.56. The summed E-state index contributed by atoms with van der Waals surface area (Å²) in [5.41, 5.74) is 0. The SMILES string of the molecule is CS(=O)(=O)CC1=CN=C(Br)S1(=O)=O. The zero-order chi connectivity index (χ0) is 10.3. The molecule has 0 radical (unpaired) electrons. The van der Waals surface area contributed by atoms with Crippen LogP contribution in [-0.4, -0.2) is 32.8 Å². The molecule has 0 spiro atoms. The van der Waals surface area contributed by atoms with Gasteiger partial charge in [0.15, 0.2) is 9.84 Å². The number of hydrogen-bond donors (Lipinski definition) is 0. The molecule has 13 heavy (non-hydrogen) atoms. The molecule has 0 N–H and O–H groups in total. The van der Waals surface area contributed by atoms with Gasteiger partial charge in [-0.2, -0.15) is 0 Å². The minimum Gasteiger partial charge on any atom is -0.236 e. The van der Waals surface area contributed by atoms with Gasteiger partial charge in [-0.05, 0) is 15.9 Å². The lowest BCUT2D eigenvalue weighted by Crippen LogP contribution is -2.14. The summed E-state index contributed by atoms with van der Waals surface area (Å²) < 4.78 is 43.9. The van der Waals surface area contributed by atoms with Crippen molar-refractivity contribution in [2.75, 3.05) is 12.0 Å². The molecule has 0 aromatic heterocycles. The van der Waals surface area contributed by atoms with E-state index in [0.29, 0.717) is 0 Å². The second-order valence-electron chi connectivity index (χ2n) is 2.55. The van der Waals surface area contributed by atoms with Gasteiger partial charge in [-0.3, -0.25) is 0 Å². The summed E-state index contributed by atoms with van der Waals surface area (Å²) in [7, 11) is -6.99. The zero-order valence-corrected chi connectivity index (χ0v) is 9.78. The van der Waals surface area contributed by atoms with Crippen LogP contribution in [0.25, 0.3) is 0 Å². The van der Waals surface area contributed by atoms with E-state index in [2.05, 4.69) is 20.9 Å². The largest absolute Gasteiger partial charge is 0.236 e. The van der Waals surface area contributed by atoms with Gasteiger partial charge in [0, 0.05) is 12.5 Å². The summed E-state index contributed by atoms with van der Waals surface area (Å²) in [5, 5.41) is 0. The first-order chi connectivity index (χ1) is 5.73. The second kappa shape index (κ2) is 3.18. The molecule has 0 atom stereocenters. The fourth-order valence-corrected chi connectivity index (χ4v) is 3.92. The Bertz CT molecular complexity index is 485. The van der Waals surface area contributed by atoms with Crippen molar-refractivity contribution in [3.8, 4) is 0 Å². The second-order valence-corrected chi connectivity index (χ2v) is 7.89. The lowest BCUT2D eigenvalue weighted by molar-refractivity contribution is 0.600. The Morgan fingerprint density at radius 1 is 1.54 bits per heavy atom. The van der Waals surface area contributed by atoms with Gasteiger partial charge in [-0.15, -0.1) is 0 Å². The van der Waals surface area contributed by atoms with Gasteiger partial charge in [0.05, 0.1) is 10.7 Å². The summed E-state index contributed by atoms with van der Waals surface area (Å²) in [4.78, 5) is 3.28. The molecular formula is C5H6BrNO4S2. The number of nitrogens with zero attached hydrogens (tertiary/aromatic N) is 1. The minimum atomic E-state index is -3.65. The van der Waals surface area contributed by atoms with Gasteiger partial charge in [0.25, 0.3) is 0 Å². The molecule has 0 fully saturated rings. The maximum Gasteiger partial charge on any atom is 0.229 e. The van der Waals surface area contributed by atoms with Gasteiger partial charge in [-0.1, -0.05) is 0 Å². The third-order valence-electron chi connectivity index (χ3n) is 1.28. The summed E-state index contributed by atoms with van der Waals surface area (Å²) in [6.07, 6.45) is 2.01. The van der Waals surface area contributed by atoms with E-state index in [9.17, 15) is 16.8 Å². The molecule has 0 unspecified atom stereocenters. The molecule has 0 saturated heterocycles. The highest BCUT2D eigenvalue weighted by Gasteiger charge is 2.29. The number of rotatable bonds is 2. The number of halogens is 1. The Morgan fingerprint density at radius 3 is 2.38 bits per heavy atom. The Hall–Kier alpha value is -0.210. The normalized spacial score (nSPS) is 21.1. The minimum absolute atomic E-state index is 0.193. The molecule has 0 aromatic rings. The van der Waals surface area contributed by atoms with E-state index in [1.165, 1.54) is 0 Å². The van der Waals surface area contributed by atoms with Crippen LogP contribution in [0, 0.1) is 0 Å². The van der Waals surface area contributed by atoms with Crippen LogP contribution in [-0.2, 0) is 19.7 Å². The van der Waals surface area contributed by atoms with Crippen molar-refractivity contribution in [3.05, 3.63) is 11.1 Å². The van der Waals surface area contributed by atoms with E-state index in [4.69, 9.17) is 0 Å². The lowest BCUT2D eigenvalue weighted by atomic mass is 10.7. The molecular weight excluding hydrogens is 282 g/mol. The average molecular weight is 288 g/mol. The first-order valence-corrected chi connectivity index (χ1v) is 7.42. The van der Waals surface area contributed by atoms with E-state index in [1.54, 1.807) is 0 Å². The van der Waals surface area contributed by atoms with Crippen LogP contribution < -0.4 is 0 Å².